The second-order valence-corrected chi connectivity index (χ2v) is 8.50. The van der Waals surface area contributed by atoms with Crippen molar-refractivity contribution < 1.29 is 9.53 Å². The van der Waals surface area contributed by atoms with Crippen molar-refractivity contribution in [2.45, 2.75) is 89.9 Å². The Balaban J connectivity index is 0.00000261. The van der Waals surface area contributed by atoms with Gasteiger partial charge in [0.25, 0.3) is 0 Å². The average Bonchev–Trinajstić information content (AvgIpc) is 2.92. The highest BCUT2D eigenvalue weighted by Crippen LogP contribution is 2.32. The molecule has 0 aromatic heterocycles. The highest BCUT2D eigenvalue weighted by molar-refractivity contribution is 5.85. The van der Waals surface area contributed by atoms with E-state index in [1.807, 2.05) is 26.0 Å². The molecular weight excluding hydrogens is 360 g/mol. The summed E-state index contributed by atoms with van der Waals surface area (Å²) in [6, 6.07) is 9.84. The number of hydrogen-bond donors (Lipinski definition) is 2. The topological polar surface area (TPSA) is 50.4 Å². The summed E-state index contributed by atoms with van der Waals surface area (Å²) in [5.41, 5.74) is 1.29. The minimum atomic E-state index is 0. The number of aryl methyl sites for hydroxylation is 1. The lowest BCUT2D eigenvalue weighted by molar-refractivity contribution is -0.122. The maximum atomic E-state index is 12.4. The lowest BCUT2D eigenvalue weighted by Gasteiger charge is -2.29. The van der Waals surface area contributed by atoms with Crippen molar-refractivity contribution in [1.82, 2.24) is 10.6 Å². The molecule has 1 aromatic carbocycles. The van der Waals surface area contributed by atoms with Crippen LogP contribution in [0.2, 0.25) is 0 Å². The van der Waals surface area contributed by atoms with E-state index in [1.165, 1.54) is 31.2 Å². The van der Waals surface area contributed by atoms with Gasteiger partial charge in [-0.3, -0.25) is 4.79 Å². The Labute approximate surface area is 170 Å². The summed E-state index contributed by atoms with van der Waals surface area (Å²) in [6.45, 7) is 6.18. The van der Waals surface area contributed by atoms with Crippen molar-refractivity contribution in [3.8, 4) is 5.75 Å². The quantitative estimate of drug-likeness (QED) is 0.692. The minimum Gasteiger partial charge on any atom is -0.491 e. The van der Waals surface area contributed by atoms with Gasteiger partial charge in [-0.2, -0.15) is 0 Å². The largest absolute Gasteiger partial charge is 0.491 e. The molecule has 4 nitrogen and oxygen atoms in total. The third-order valence-corrected chi connectivity index (χ3v) is 5.61. The van der Waals surface area contributed by atoms with E-state index in [-0.39, 0.29) is 30.5 Å². The molecule has 2 heterocycles. The first-order valence-electron chi connectivity index (χ1n) is 10.3. The van der Waals surface area contributed by atoms with Gasteiger partial charge < -0.3 is 15.4 Å². The van der Waals surface area contributed by atoms with Gasteiger partial charge in [-0.1, -0.05) is 12.1 Å². The number of carbonyl (C=O) groups excluding carboxylic acids is 1. The SMILES string of the molecule is CC(CCc1ccc(OC(C)C)cc1)NC(=O)CC1CC2CCC(C1)N2.Cl. The van der Waals surface area contributed by atoms with Crippen LogP contribution in [-0.2, 0) is 11.2 Å². The van der Waals surface area contributed by atoms with Crippen LogP contribution in [-0.4, -0.2) is 30.1 Å². The molecule has 1 amide bonds. The molecule has 3 atom stereocenters. The lowest BCUT2D eigenvalue weighted by Crippen LogP contribution is -2.40. The molecule has 0 radical (unpaired) electrons. The molecule has 1 aromatic rings. The molecule has 2 bridgehead atoms. The Kier molecular flexibility index (Phi) is 8.43. The first kappa shape index (κ1) is 22.0. The summed E-state index contributed by atoms with van der Waals surface area (Å²) < 4.78 is 5.68. The van der Waals surface area contributed by atoms with Crippen molar-refractivity contribution in [2.75, 3.05) is 0 Å². The minimum absolute atomic E-state index is 0. The van der Waals surface area contributed by atoms with E-state index >= 15 is 0 Å². The van der Waals surface area contributed by atoms with E-state index < -0.39 is 0 Å². The van der Waals surface area contributed by atoms with Gasteiger partial charge in [-0.05, 0) is 82.9 Å². The molecule has 0 spiro atoms. The van der Waals surface area contributed by atoms with Crippen molar-refractivity contribution in [1.29, 1.82) is 0 Å². The Morgan fingerprint density at radius 1 is 1.15 bits per heavy atom. The molecule has 2 N–H and O–H groups in total. The van der Waals surface area contributed by atoms with E-state index in [2.05, 4.69) is 29.7 Å². The van der Waals surface area contributed by atoms with E-state index in [9.17, 15) is 4.79 Å². The second kappa shape index (κ2) is 10.3. The van der Waals surface area contributed by atoms with Gasteiger partial charge in [-0.25, -0.2) is 0 Å². The zero-order chi connectivity index (χ0) is 18.5. The Morgan fingerprint density at radius 3 is 2.37 bits per heavy atom. The fourth-order valence-electron chi connectivity index (χ4n) is 4.40. The van der Waals surface area contributed by atoms with E-state index in [1.54, 1.807) is 0 Å². The number of rotatable bonds is 8. The maximum Gasteiger partial charge on any atom is 0.220 e. The molecule has 2 fully saturated rings. The van der Waals surface area contributed by atoms with Crippen molar-refractivity contribution in [3.63, 3.8) is 0 Å². The fourth-order valence-corrected chi connectivity index (χ4v) is 4.40. The van der Waals surface area contributed by atoms with Crippen LogP contribution in [0.3, 0.4) is 0 Å². The predicted molar refractivity (Wildman–Crippen MR) is 113 cm³/mol. The predicted octanol–water partition coefficient (Wildman–Crippen LogP) is 4.25. The van der Waals surface area contributed by atoms with Gasteiger partial charge in [0.1, 0.15) is 5.75 Å². The van der Waals surface area contributed by atoms with E-state index in [0.717, 1.165) is 18.6 Å². The standard InChI is InChI=1S/C22H34N2O2.ClH/c1-15(2)26-21-10-6-17(7-11-21)5-4-16(3)23-22(25)14-18-12-19-8-9-20(13-18)24-19;/h6-7,10-11,15-16,18-20,24H,4-5,8-9,12-14H2,1-3H3,(H,23,25);1H. The van der Waals surface area contributed by atoms with Crippen molar-refractivity contribution in [2.24, 2.45) is 5.92 Å². The zero-order valence-corrected chi connectivity index (χ0v) is 17.7. The number of amides is 1. The number of benzene rings is 1. The van der Waals surface area contributed by atoms with Gasteiger partial charge in [0, 0.05) is 24.5 Å². The number of halogens is 1. The third kappa shape index (κ3) is 7.00. The van der Waals surface area contributed by atoms with Crippen LogP contribution in [0.4, 0.5) is 0 Å². The third-order valence-electron chi connectivity index (χ3n) is 5.61. The number of hydrogen-bond acceptors (Lipinski definition) is 3. The molecule has 2 aliphatic rings. The van der Waals surface area contributed by atoms with Gasteiger partial charge in [0.15, 0.2) is 0 Å². The first-order valence-corrected chi connectivity index (χ1v) is 10.3. The average molecular weight is 395 g/mol. The molecule has 152 valence electrons. The van der Waals surface area contributed by atoms with Gasteiger partial charge in [0.2, 0.25) is 5.91 Å². The van der Waals surface area contributed by atoms with Crippen LogP contribution in [0.15, 0.2) is 24.3 Å². The molecule has 0 aliphatic carbocycles. The summed E-state index contributed by atoms with van der Waals surface area (Å²) in [5.74, 6) is 1.71. The summed E-state index contributed by atoms with van der Waals surface area (Å²) >= 11 is 0. The van der Waals surface area contributed by atoms with Crippen LogP contribution in [0, 0.1) is 5.92 Å². The van der Waals surface area contributed by atoms with Crippen LogP contribution in [0.1, 0.15) is 64.9 Å². The molecule has 5 heteroatoms. The molecular formula is C22H35ClN2O2. The summed E-state index contributed by atoms with van der Waals surface area (Å²) in [6.07, 6.45) is 7.76. The van der Waals surface area contributed by atoms with Gasteiger partial charge in [0.05, 0.1) is 6.10 Å². The molecule has 27 heavy (non-hydrogen) atoms. The van der Waals surface area contributed by atoms with Crippen molar-refractivity contribution >= 4 is 18.3 Å². The van der Waals surface area contributed by atoms with Crippen molar-refractivity contribution in [3.05, 3.63) is 29.8 Å². The molecule has 3 unspecified atom stereocenters. The molecule has 3 rings (SSSR count). The van der Waals surface area contributed by atoms with Crippen LogP contribution in [0.25, 0.3) is 0 Å². The summed E-state index contributed by atoms with van der Waals surface area (Å²) in [4.78, 5) is 12.4. The number of piperidine rings is 1. The highest BCUT2D eigenvalue weighted by atomic mass is 35.5. The smallest absolute Gasteiger partial charge is 0.220 e. The van der Waals surface area contributed by atoms with Crippen LogP contribution < -0.4 is 15.4 Å². The van der Waals surface area contributed by atoms with Crippen LogP contribution >= 0.6 is 12.4 Å². The molecule has 2 aliphatic heterocycles. The number of carbonyl (C=O) groups is 1. The maximum absolute atomic E-state index is 12.4. The summed E-state index contributed by atoms with van der Waals surface area (Å²) in [7, 11) is 0. The second-order valence-electron chi connectivity index (χ2n) is 8.50. The molecule has 0 saturated carbocycles. The normalized spacial score (nSPS) is 25.0. The number of fused-ring (bicyclic) bond motifs is 2. The summed E-state index contributed by atoms with van der Waals surface area (Å²) in [5, 5.41) is 6.85. The lowest BCUT2D eigenvalue weighted by atomic mass is 9.89. The Morgan fingerprint density at radius 2 is 1.78 bits per heavy atom. The number of ether oxygens (including phenoxy) is 1. The fraction of sp³-hybridized carbons (Fsp3) is 0.682. The highest BCUT2D eigenvalue weighted by Gasteiger charge is 2.34. The Hall–Kier alpha value is -1.26. The van der Waals surface area contributed by atoms with Gasteiger partial charge in [-0.15, -0.1) is 12.4 Å². The van der Waals surface area contributed by atoms with E-state index in [0.29, 0.717) is 24.4 Å². The Bertz CT molecular complexity index is 578. The first-order chi connectivity index (χ1) is 12.5. The number of nitrogens with one attached hydrogen (secondary N) is 2. The monoisotopic (exact) mass is 394 g/mol. The zero-order valence-electron chi connectivity index (χ0n) is 16.9. The van der Waals surface area contributed by atoms with E-state index in [4.69, 9.17) is 4.74 Å². The van der Waals surface area contributed by atoms with Crippen LogP contribution in [0.5, 0.6) is 5.75 Å². The molecule has 2 saturated heterocycles. The van der Waals surface area contributed by atoms with Gasteiger partial charge >= 0.3 is 0 Å².